The maximum absolute atomic E-state index is 13.0. The number of hydrazine groups is 1. The van der Waals surface area contributed by atoms with E-state index in [1.165, 1.54) is 0 Å². The Hall–Kier alpha value is -2.23. The molecule has 28 heavy (non-hydrogen) atoms. The number of carbonyl (C=O) groups excluding carboxylic acids is 2. The molecule has 0 unspecified atom stereocenters. The Morgan fingerprint density at radius 2 is 1.96 bits per heavy atom. The first-order valence-electron chi connectivity index (χ1n) is 9.63. The van der Waals surface area contributed by atoms with Crippen LogP contribution in [0.25, 0.3) is 0 Å². The van der Waals surface area contributed by atoms with Gasteiger partial charge in [0.1, 0.15) is 5.54 Å². The number of thiocarbonyl (C=S) groups is 1. The van der Waals surface area contributed by atoms with E-state index in [0.29, 0.717) is 13.0 Å². The minimum absolute atomic E-state index is 0.255. The third-order valence-corrected chi connectivity index (χ3v) is 5.38. The molecule has 2 heterocycles. The summed E-state index contributed by atoms with van der Waals surface area (Å²) in [5.74, 6) is -0.358. The first-order chi connectivity index (χ1) is 13.6. The zero-order chi connectivity index (χ0) is 20.0. The number of nitrogens with one attached hydrogen (secondary N) is 3. The normalized spacial score (nSPS) is 22.8. The number of benzene rings is 1. The molecule has 2 fully saturated rings. The molecule has 0 aromatic heterocycles. The minimum atomic E-state index is -1.07. The quantitative estimate of drug-likeness (QED) is 0.354. The van der Waals surface area contributed by atoms with Gasteiger partial charge in [-0.25, -0.2) is 4.79 Å². The van der Waals surface area contributed by atoms with Crippen molar-refractivity contribution in [2.24, 2.45) is 0 Å². The van der Waals surface area contributed by atoms with Crippen LogP contribution in [-0.4, -0.2) is 66.4 Å². The van der Waals surface area contributed by atoms with Crippen molar-refractivity contribution in [1.82, 2.24) is 26.0 Å². The molecule has 0 spiro atoms. The van der Waals surface area contributed by atoms with Crippen LogP contribution < -0.4 is 16.1 Å². The lowest BCUT2D eigenvalue weighted by atomic mass is 9.87. The number of rotatable bonds is 7. The van der Waals surface area contributed by atoms with Crippen LogP contribution in [0, 0.1) is 0 Å². The molecule has 0 bridgehead atoms. The number of urea groups is 1. The minimum Gasteiger partial charge on any atom is -0.379 e. The Balaban J connectivity index is 1.51. The third kappa shape index (κ3) is 4.43. The molecule has 0 radical (unpaired) electrons. The largest absolute Gasteiger partial charge is 0.379 e. The summed E-state index contributed by atoms with van der Waals surface area (Å²) in [7, 11) is 0. The maximum Gasteiger partial charge on any atom is 0.344 e. The van der Waals surface area contributed by atoms with Gasteiger partial charge in [-0.2, -0.15) is 5.01 Å². The van der Waals surface area contributed by atoms with E-state index >= 15 is 0 Å². The zero-order valence-corrected chi connectivity index (χ0v) is 16.9. The van der Waals surface area contributed by atoms with Crippen LogP contribution in [0.1, 0.15) is 25.3 Å². The molecule has 2 saturated heterocycles. The Labute approximate surface area is 170 Å². The predicted molar refractivity (Wildman–Crippen MR) is 109 cm³/mol. The summed E-state index contributed by atoms with van der Waals surface area (Å²) in [4.78, 5) is 27.8. The second kappa shape index (κ2) is 9.31. The highest BCUT2D eigenvalue weighted by Crippen LogP contribution is 2.31. The number of amides is 3. The molecule has 2 aliphatic rings. The molecular formula is C19H27N5O3S. The summed E-state index contributed by atoms with van der Waals surface area (Å²) in [6.45, 7) is 6.93. The summed E-state index contributed by atoms with van der Waals surface area (Å²) in [6, 6.07) is 8.75. The molecule has 152 valence electrons. The fourth-order valence-electron chi connectivity index (χ4n) is 3.51. The summed E-state index contributed by atoms with van der Waals surface area (Å²) in [5.41, 5.74) is 2.42. The van der Waals surface area contributed by atoms with Crippen LogP contribution in [0.15, 0.2) is 30.3 Å². The summed E-state index contributed by atoms with van der Waals surface area (Å²) >= 11 is 5.26. The van der Waals surface area contributed by atoms with Crippen molar-refractivity contribution in [2.75, 3.05) is 39.4 Å². The highest BCUT2D eigenvalue weighted by Gasteiger charge is 2.51. The van der Waals surface area contributed by atoms with E-state index in [1.54, 1.807) is 0 Å². The van der Waals surface area contributed by atoms with Crippen LogP contribution >= 0.6 is 12.2 Å². The Bertz CT molecular complexity index is 711. The van der Waals surface area contributed by atoms with Gasteiger partial charge < -0.3 is 15.4 Å². The van der Waals surface area contributed by atoms with E-state index in [2.05, 4.69) is 21.0 Å². The van der Waals surface area contributed by atoms with E-state index in [0.717, 1.165) is 49.8 Å². The Kier molecular flexibility index (Phi) is 6.82. The summed E-state index contributed by atoms with van der Waals surface area (Å²) in [5, 5.41) is 7.10. The summed E-state index contributed by atoms with van der Waals surface area (Å²) < 4.78 is 5.33. The van der Waals surface area contributed by atoms with Gasteiger partial charge in [0, 0.05) is 19.6 Å². The molecule has 8 nitrogen and oxygen atoms in total. The van der Waals surface area contributed by atoms with Gasteiger partial charge in [-0.3, -0.25) is 15.1 Å². The zero-order valence-electron chi connectivity index (χ0n) is 16.1. The standard InChI is InChI=1S/C19H27N5O3S/c1-2-19(15-7-4-3-5-8-15)16(25)24(18(26)21-19)22-17(28)20-9-6-10-23-11-13-27-14-12-23/h3-5,7-8H,2,6,9-14H2,1H3,(H,21,26)(H2,20,22,28)/t19-/m1/s1. The lowest BCUT2D eigenvalue weighted by Gasteiger charge is -2.27. The average molecular weight is 406 g/mol. The van der Waals surface area contributed by atoms with Gasteiger partial charge in [-0.1, -0.05) is 37.3 Å². The van der Waals surface area contributed by atoms with Gasteiger partial charge in [0.15, 0.2) is 5.11 Å². The van der Waals surface area contributed by atoms with Crippen molar-refractivity contribution in [1.29, 1.82) is 0 Å². The van der Waals surface area contributed by atoms with Crippen LogP contribution in [-0.2, 0) is 15.1 Å². The molecule has 2 aliphatic heterocycles. The van der Waals surface area contributed by atoms with Crippen molar-refractivity contribution < 1.29 is 14.3 Å². The SMILES string of the molecule is CC[C@]1(c2ccccc2)NC(=O)N(NC(=S)NCCCN2CCOCC2)C1=O. The molecule has 3 amide bonds. The summed E-state index contributed by atoms with van der Waals surface area (Å²) in [6.07, 6.45) is 1.35. The number of hydrogen-bond acceptors (Lipinski definition) is 5. The molecule has 3 rings (SSSR count). The molecule has 0 aliphatic carbocycles. The molecule has 9 heteroatoms. The number of hydrogen-bond donors (Lipinski definition) is 3. The van der Waals surface area contributed by atoms with Crippen molar-refractivity contribution in [3.8, 4) is 0 Å². The number of ether oxygens (including phenoxy) is 1. The van der Waals surface area contributed by atoms with Crippen LogP contribution in [0.5, 0.6) is 0 Å². The predicted octanol–water partition coefficient (Wildman–Crippen LogP) is 0.945. The molecule has 1 aromatic rings. The monoisotopic (exact) mass is 405 g/mol. The van der Waals surface area contributed by atoms with E-state index in [-0.39, 0.29) is 11.0 Å². The van der Waals surface area contributed by atoms with Crippen molar-refractivity contribution in [2.45, 2.75) is 25.3 Å². The van der Waals surface area contributed by atoms with E-state index < -0.39 is 11.6 Å². The number of carbonyl (C=O) groups is 2. The molecule has 1 aromatic carbocycles. The van der Waals surface area contributed by atoms with E-state index in [1.807, 2.05) is 37.3 Å². The van der Waals surface area contributed by atoms with E-state index in [9.17, 15) is 9.59 Å². The molecule has 3 N–H and O–H groups in total. The Morgan fingerprint density at radius 1 is 1.25 bits per heavy atom. The van der Waals surface area contributed by atoms with Crippen molar-refractivity contribution in [3.05, 3.63) is 35.9 Å². The smallest absolute Gasteiger partial charge is 0.344 e. The van der Waals surface area contributed by atoms with Gasteiger partial charge in [0.05, 0.1) is 13.2 Å². The van der Waals surface area contributed by atoms with Gasteiger partial charge in [-0.05, 0) is 37.2 Å². The number of morpholine rings is 1. The van der Waals surface area contributed by atoms with Crippen LogP contribution in [0.2, 0.25) is 0 Å². The van der Waals surface area contributed by atoms with Gasteiger partial charge >= 0.3 is 6.03 Å². The number of imide groups is 1. The fourth-order valence-corrected chi connectivity index (χ4v) is 3.70. The second-order valence-corrected chi connectivity index (χ2v) is 7.28. The van der Waals surface area contributed by atoms with Gasteiger partial charge in [0.2, 0.25) is 0 Å². The lowest BCUT2D eigenvalue weighted by molar-refractivity contribution is -0.133. The van der Waals surface area contributed by atoms with E-state index in [4.69, 9.17) is 17.0 Å². The number of nitrogens with zero attached hydrogens (tertiary/aromatic N) is 2. The molecular weight excluding hydrogens is 378 g/mol. The fraction of sp³-hybridized carbons (Fsp3) is 0.526. The third-order valence-electron chi connectivity index (χ3n) is 5.14. The average Bonchev–Trinajstić information content (AvgIpc) is 2.98. The Morgan fingerprint density at radius 3 is 2.64 bits per heavy atom. The van der Waals surface area contributed by atoms with Crippen molar-refractivity contribution in [3.63, 3.8) is 0 Å². The van der Waals surface area contributed by atoms with Crippen LogP contribution in [0.3, 0.4) is 0 Å². The van der Waals surface area contributed by atoms with Crippen molar-refractivity contribution >= 4 is 29.3 Å². The second-order valence-electron chi connectivity index (χ2n) is 6.87. The molecule has 0 saturated carbocycles. The van der Waals surface area contributed by atoms with Crippen LogP contribution in [0.4, 0.5) is 4.79 Å². The first-order valence-corrected chi connectivity index (χ1v) is 10.0. The first kappa shape index (κ1) is 20.5. The topological polar surface area (TPSA) is 85.9 Å². The highest BCUT2D eigenvalue weighted by atomic mass is 32.1. The molecule has 1 atom stereocenters. The highest BCUT2D eigenvalue weighted by molar-refractivity contribution is 7.80. The van der Waals surface area contributed by atoms with Gasteiger partial charge in [0.25, 0.3) is 5.91 Å². The lowest BCUT2D eigenvalue weighted by Crippen LogP contribution is -2.51. The maximum atomic E-state index is 13.0. The van der Waals surface area contributed by atoms with Gasteiger partial charge in [-0.15, -0.1) is 0 Å².